The number of nitrogens with one attached hydrogen (secondary N) is 1. The molecule has 1 aliphatic rings. The van der Waals surface area contributed by atoms with Gasteiger partial charge in [-0.1, -0.05) is 33.8 Å². The predicted molar refractivity (Wildman–Crippen MR) is 126 cm³/mol. The fourth-order valence-corrected chi connectivity index (χ4v) is 5.18. The van der Waals surface area contributed by atoms with Crippen LogP contribution < -0.4 is 5.32 Å². The number of hydrogen-bond donors (Lipinski definition) is 1. The maximum atomic E-state index is 13.1. The number of methoxy groups -OCH3 is 1. The highest BCUT2D eigenvalue weighted by atomic mass is 32.2. The van der Waals surface area contributed by atoms with Crippen molar-refractivity contribution in [3.05, 3.63) is 42.4 Å². The zero-order chi connectivity index (χ0) is 24.7. The largest absolute Gasteiger partial charge is 0.389 e. The second kappa shape index (κ2) is 11.5. The van der Waals surface area contributed by atoms with Crippen LogP contribution in [0.25, 0.3) is 10.7 Å². The molecule has 1 aliphatic heterocycles. The molecule has 14 heteroatoms. The number of hydrogen-bond acceptors (Lipinski definition) is 12. The molecule has 186 valence electrons. The van der Waals surface area contributed by atoms with Gasteiger partial charge in [0.1, 0.15) is 0 Å². The van der Waals surface area contributed by atoms with Gasteiger partial charge in [0.15, 0.2) is 26.8 Å². The van der Waals surface area contributed by atoms with Crippen molar-refractivity contribution in [2.45, 2.75) is 23.8 Å². The van der Waals surface area contributed by atoms with Crippen molar-refractivity contribution in [3.8, 4) is 10.7 Å². The van der Waals surface area contributed by atoms with Crippen molar-refractivity contribution >= 4 is 37.9 Å². The van der Waals surface area contributed by atoms with Gasteiger partial charge >= 0.3 is 0 Å². The highest BCUT2D eigenvalue weighted by Gasteiger charge is 2.22. The average molecular weight is 522 g/mol. The summed E-state index contributed by atoms with van der Waals surface area (Å²) in [7, 11) is -1.97. The zero-order valence-electron chi connectivity index (χ0n) is 18.7. The first kappa shape index (κ1) is 24.9. The fourth-order valence-electron chi connectivity index (χ4n) is 3.15. The molecule has 0 bridgehead atoms. The van der Waals surface area contributed by atoms with Gasteiger partial charge < -0.3 is 18.8 Å². The highest BCUT2D eigenvalue weighted by molar-refractivity contribution is 7.91. The molecule has 35 heavy (non-hydrogen) atoms. The van der Waals surface area contributed by atoms with Crippen molar-refractivity contribution < 1.29 is 32.0 Å². The number of anilines is 1. The Morgan fingerprint density at radius 3 is 2.80 bits per heavy atom. The first-order valence-corrected chi connectivity index (χ1v) is 13.1. The van der Waals surface area contributed by atoms with Crippen LogP contribution in [0.15, 0.2) is 51.4 Å². The summed E-state index contributed by atoms with van der Waals surface area (Å²) in [6.07, 6.45) is 3.47. The molecule has 3 aromatic rings. The third kappa shape index (κ3) is 6.48. The second-order valence-electron chi connectivity index (χ2n) is 7.46. The van der Waals surface area contributed by atoms with Crippen molar-refractivity contribution in [2.75, 3.05) is 38.0 Å². The van der Waals surface area contributed by atoms with Crippen molar-refractivity contribution in [1.29, 1.82) is 0 Å². The minimum absolute atomic E-state index is 0.0310. The maximum absolute atomic E-state index is 13.1. The summed E-state index contributed by atoms with van der Waals surface area (Å²) in [6, 6.07) is 5.92. The number of amides is 1. The minimum Gasteiger partial charge on any atom is -0.389 e. The number of rotatable bonds is 11. The van der Waals surface area contributed by atoms with Crippen molar-refractivity contribution in [2.24, 2.45) is 5.16 Å². The summed E-state index contributed by atoms with van der Waals surface area (Å²) >= 11 is 1.16. The van der Waals surface area contributed by atoms with Gasteiger partial charge in [0.2, 0.25) is 12.2 Å². The molecule has 0 saturated carbocycles. The molecule has 0 spiro atoms. The van der Waals surface area contributed by atoms with E-state index in [0.29, 0.717) is 54.1 Å². The Balaban J connectivity index is 1.53. The Bertz CT molecular complexity index is 1250. The molecule has 2 aromatic heterocycles. The molecule has 1 N–H and O–H groups in total. The Labute approximate surface area is 205 Å². The number of nitrogens with zero attached hydrogens (tertiary/aromatic N) is 4. The molecule has 1 fully saturated rings. The Kier molecular flexibility index (Phi) is 8.17. The van der Waals surface area contributed by atoms with E-state index in [4.69, 9.17) is 18.8 Å². The third-order valence-corrected chi connectivity index (χ3v) is 7.68. The van der Waals surface area contributed by atoms with E-state index in [1.54, 1.807) is 0 Å². The standard InChI is InChI=1S/C21H23N5O7S2/c1-30-8-2-10-35(28,29)16-5-3-14(4-6-16)18(25-33-15-7-9-31-12-15)20(27)24-21-22-11-17(34-21)19-23-13-32-26-19/h3-6,11,13,15H,2,7-10,12H2,1H3,(H,22,24,27)/t15-/m1/s1. The van der Waals surface area contributed by atoms with Crippen molar-refractivity contribution in [3.63, 3.8) is 0 Å². The number of sulfone groups is 1. The monoisotopic (exact) mass is 521 g/mol. The molecule has 0 unspecified atom stereocenters. The number of oxime groups is 1. The summed E-state index contributed by atoms with van der Waals surface area (Å²) in [5, 5.41) is 10.8. The van der Waals surface area contributed by atoms with Gasteiger partial charge in [0, 0.05) is 25.7 Å². The molecule has 1 aromatic carbocycles. The summed E-state index contributed by atoms with van der Waals surface area (Å²) in [4.78, 5) is 27.5. The van der Waals surface area contributed by atoms with E-state index in [2.05, 4.69) is 25.6 Å². The zero-order valence-corrected chi connectivity index (χ0v) is 20.4. The molecule has 4 rings (SSSR count). The van der Waals surface area contributed by atoms with E-state index in [9.17, 15) is 13.2 Å². The van der Waals surface area contributed by atoms with Crippen molar-refractivity contribution in [1.82, 2.24) is 15.1 Å². The normalized spacial score (nSPS) is 16.4. The average Bonchev–Trinajstić information content (AvgIpc) is 3.62. The number of ether oxygens (including phenoxy) is 2. The third-order valence-electron chi connectivity index (χ3n) is 4.95. The molecular formula is C21H23N5O7S2. The first-order valence-electron chi connectivity index (χ1n) is 10.6. The Morgan fingerprint density at radius 2 is 2.11 bits per heavy atom. The van der Waals surface area contributed by atoms with E-state index in [0.717, 1.165) is 11.3 Å². The number of benzene rings is 1. The van der Waals surface area contributed by atoms with E-state index < -0.39 is 15.7 Å². The molecule has 1 amide bonds. The summed E-state index contributed by atoms with van der Waals surface area (Å²) < 4.78 is 40.0. The highest BCUT2D eigenvalue weighted by Crippen LogP contribution is 2.26. The van der Waals surface area contributed by atoms with Gasteiger partial charge in [-0.05, 0) is 18.6 Å². The maximum Gasteiger partial charge on any atom is 0.280 e. The van der Waals surface area contributed by atoms with Crippen LogP contribution in [0.2, 0.25) is 0 Å². The van der Waals surface area contributed by atoms with Crippen LogP contribution in [0.4, 0.5) is 5.13 Å². The molecule has 3 heterocycles. The summed E-state index contributed by atoms with van der Waals surface area (Å²) in [5.74, 6) is -0.267. The predicted octanol–water partition coefficient (Wildman–Crippen LogP) is 2.15. The lowest BCUT2D eigenvalue weighted by molar-refractivity contribution is -0.110. The van der Waals surface area contributed by atoms with Crippen LogP contribution in [0.1, 0.15) is 18.4 Å². The van der Waals surface area contributed by atoms with E-state index >= 15 is 0 Å². The molecule has 1 atom stereocenters. The minimum atomic E-state index is -3.48. The second-order valence-corrected chi connectivity index (χ2v) is 10.6. The van der Waals surface area contributed by atoms with Crippen LogP contribution in [0, 0.1) is 0 Å². The lowest BCUT2D eigenvalue weighted by atomic mass is 10.1. The van der Waals surface area contributed by atoms with Gasteiger partial charge in [-0.25, -0.2) is 13.4 Å². The summed E-state index contributed by atoms with van der Waals surface area (Å²) in [5.41, 5.74) is 0.351. The number of thiazole rings is 1. The van der Waals surface area contributed by atoms with Crippen LogP contribution in [0.3, 0.4) is 0 Å². The van der Waals surface area contributed by atoms with E-state index in [1.165, 1.54) is 44.0 Å². The Hall–Kier alpha value is -3.20. The summed E-state index contributed by atoms with van der Waals surface area (Å²) in [6.45, 7) is 1.27. The quantitative estimate of drug-likeness (QED) is 0.225. The lowest BCUT2D eigenvalue weighted by Crippen LogP contribution is -2.25. The number of aromatic nitrogens is 3. The van der Waals surface area contributed by atoms with Gasteiger partial charge in [0.05, 0.1) is 34.9 Å². The fraction of sp³-hybridized carbons (Fsp3) is 0.381. The first-order chi connectivity index (χ1) is 17.0. The van der Waals surface area contributed by atoms with Crippen LogP contribution in [-0.4, -0.2) is 73.9 Å². The van der Waals surface area contributed by atoms with Crippen LogP contribution in [0.5, 0.6) is 0 Å². The van der Waals surface area contributed by atoms with Gasteiger partial charge in [-0.15, -0.1) is 0 Å². The molecule has 0 radical (unpaired) electrons. The van der Waals surface area contributed by atoms with Gasteiger partial charge in [-0.3, -0.25) is 10.1 Å². The van der Waals surface area contributed by atoms with E-state index in [1.807, 2.05) is 0 Å². The lowest BCUT2D eigenvalue weighted by Gasteiger charge is -2.10. The van der Waals surface area contributed by atoms with E-state index in [-0.39, 0.29) is 22.5 Å². The molecule has 12 nitrogen and oxygen atoms in total. The Morgan fingerprint density at radius 1 is 1.29 bits per heavy atom. The smallest absolute Gasteiger partial charge is 0.280 e. The number of carbonyl (C=O) groups excluding carboxylic acids is 1. The van der Waals surface area contributed by atoms with Crippen LogP contribution in [-0.2, 0) is 28.9 Å². The van der Waals surface area contributed by atoms with Crippen LogP contribution >= 0.6 is 11.3 Å². The molecule has 1 saturated heterocycles. The van der Waals surface area contributed by atoms with Gasteiger partial charge in [0.25, 0.3) is 5.91 Å². The van der Waals surface area contributed by atoms with Gasteiger partial charge in [-0.2, -0.15) is 4.98 Å². The molecule has 0 aliphatic carbocycles. The molecular weight excluding hydrogens is 498 g/mol. The SMILES string of the molecule is COCCCS(=O)(=O)c1ccc(C(=NO[C@@H]2CCOC2)C(=O)Nc2ncc(-c3ncon3)s2)cc1. The number of carbonyl (C=O) groups is 1. The topological polar surface area (TPSA) is 155 Å².